The molecule has 6 heterocycles. The highest BCUT2D eigenvalue weighted by atomic mass is 31.2. The van der Waals surface area contributed by atoms with Gasteiger partial charge in [-0.25, -0.2) is 24.1 Å². The molecule has 0 saturated carbocycles. The number of aromatic hydroxyl groups is 1. The van der Waals surface area contributed by atoms with Gasteiger partial charge in [-0.3, -0.25) is 18.9 Å². The number of hydrogen-bond acceptors (Lipinski definition) is 18. The van der Waals surface area contributed by atoms with Crippen LogP contribution in [0.15, 0.2) is 23.8 Å². The van der Waals surface area contributed by atoms with Crippen LogP contribution >= 0.6 is 15.6 Å². The Morgan fingerprint density at radius 1 is 0.735 bits per heavy atom. The van der Waals surface area contributed by atoms with E-state index >= 15 is 0 Å². The van der Waals surface area contributed by atoms with E-state index in [1.807, 2.05) is 0 Å². The van der Waals surface area contributed by atoms with Crippen LogP contribution in [0.3, 0.4) is 0 Å². The van der Waals surface area contributed by atoms with Gasteiger partial charge >= 0.3 is 15.6 Å². The van der Waals surface area contributed by atoms with Gasteiger partial charge in [-0.1, -0.05) is 0 Å². The van der Waals surface area contributed by atoms with Crippen LogP contribution in [0.4, 0.5) is 5.95 Å². The Balaban J connectivity index is 0.000000209. The Bertz CT molecular complexity index is 1820. The number of ether oxygens (including phenoxy) is 2. The number of nitrogens with one attached hydrogen (secondary N) is 1. The van der Waals surface area contributed by atoms with Crippen LogP contribution in [0.2, 0.25) is 0 Å². The van der Waals surface area contributed by atoms with Crippen molar-refractivity contribution in [1.82, 2.24) is 39.0 Å². The number of aromatic nitrogens is 8. The van der Waals surface area contributed by atoms with Crippen LogP contribution in [0.1, 0.15) is 12.5 Å². The van der Waals surface area contributed by atoms with Gasteiger partial charge in [0.05, 0.1) is 25.9 Å². The number of nitrogens with zero attached hydrogens (tertiary/aromatic N) is 7. The zero-order valence-electron chi connectivity index (χ0n) is 24.2. The quantitative estimate of drug-likeness (QED) is 0.0863. The number of H-pyrrole nitrogens is 1. The minimum Gasteiger partial charge on any atom is -0.492 e. The second kappa shape index (κ2) is 16.0. The molecular formula is C20H31N9O18P2. The zero-order valence-corrected chi connectivity index (χ0v) is 26.0. The van der Waals surface area contributed by atoms with Crippen molar-refractivity contribution in [3.05, 3.63) is 29.3 Å². The van der Waals surface area contributed by atoms with Gasteiger partial charge in [-0.15, -0.1) is 0 Å². The van der Waals surface area contributed by atoms with Crippen molar-refractivity contribution in [2.24, 2.45) is 0 Å². The van der Waals surface area contributed by atoms with Crippen molar-refractivity contribution < 1.29 is 83.7 Å². The van der Waals surface area contributed by atoms with E-state index in [1.165, 1.54) is 21.8 Å². The van der Waals surface area contributed by atoms with E-state index in [0.717, 1.165) is 6.33 Å². The lowest BCUT2D eigenvalue weighted by atomic mass is 10.1. The topological polar surface area (TPSA) is 449 Å². The monoisotopic (exact) mass is 747 g/mol. The minimum absolute atomic E-state index is 0.0388. The maximum atomic E-state index is 11.7. The Labute approximate surface area is 270 Å². The van der Waals surface area contributed by atoms with Crippen molar-refractivity contribution in [3.63, 3.8) is 0 Å². The van der Waals surface area contributed by atoms with Gasteiger partial charge in [-0.05, 0) is 0 Å². The summed E-state index contributed by atoms with van der Waals surface area (Å²) in [5.41, 5.74) is 5.55. The Kier molecular flexibility index (Phi) is 13.0. The van der Waals surface area contributed by atoms with E-state index in [0.29, 0.717) is 0 Å². The molecule has 0 aromatic carbocycles. The molecule has 16 N–H and O–H groups in total. The summed E-state index contributed by atoms with van der Waals surface area (Å²) in [6.07, 6.45) is -5.00. The average Bonchev–Trinajstić information content (AvgIpc) is 3.73. The first-order valence-corrected chi connectivity index (χ1v) is 16.2. The van der Waals surface area contributed by atoms with Crippen LogP contribution < -0.4 is 11.3 Å². The molecule has 2 aliphatic heterocycles. The fraction of sp³-hybridized carbons (Fsp3) is 0.500. The smallest absolute Gasteiger partial charge is 0.466 e. The van der Waals surface area contributed by atoms with Crippen molar-refractivity contribution in [2.75, 3.05) is 18.9 Å². The van der Waals surface area contributed by atoms with Crippen LogP contribution in [-0.4, -0.2) is 154 Å². The number of phosphoric acid groups is 2. The van der Waals surface area contributed by atoms with Crippen molar-refractivity contribution >= 4 is 43.9 Å². The highest BCUT2D eigenvalue weighted by Crippen LogP contribution is 2.33. The van der Waals surface area contributed by atoms with Gasteiger partial charge < -0.3 is 80.3 Å². The fourth-order valence-electron chi connectivity index (χ4n) is 4.37. The molecule has 2 fully saturated rings. The Hall–Kier alpha value is -3.60. The van der Waals surface area contributed by atoms with Crippen molar-refractivity contribution in [3.8, 4) is 5.88 Å². The van der Waals surface area contributed by atoms with Crippen molar-refractivity contribution in [2.45, 2.75) is 49.1 Å². The molecule has 0 unspecified atom stereocenters. The predicted molar refractivity (Wildman–Crippen MR) is 154 cm³/mol. The first-order chi connectivity index (χ1) is 22.7. The molecule has 27 nitrogen and oxygen atoms in total. The second-order valence-corrected chi connectivity index (χ2v) is 11.8. The van der Waals surface area contributed by atoms with Gasteiger partial charge in [0.25, 0.3) is 5.56 Å². The normalized spacial score (nSPS) is 26.8. The van der Waals surface area contributed by atoms with Crippen LogP contribution in [0.25, 0.3) is 22.3 Å². The molecule has 6 rings (SSSR count). The molecule has 8 atom stereocenters. The largest absolute Gasteiger partial charge is 0.492 e. The molecule has 0 spiro atoms. The average molecular weight is 747 g/mol. The lowest BCUT2D eigenvalue weighted by molar-refractivity contribution is -0.0511. The minimum atomic E-state index is -4.64. The van der Waals surface area contributed by atoms with E-state index in [4.69, 9.17) is 63.9 Å². The maximum absolute atomic E-state index is 11.7. The SMILES string of the molecule is Nc1nc2c(ncn2[C@@H]2O[C@H](CO)[C@@H](O)[C@H]2O)c(=O)[nH]1.O=P(O)(O)O.O=P(O)(O)O.OC[C@H]1O[C@@H](n2cnc3c(O)ncnc32)[C@H](O)[C@@H]1O. The fourth-order valence-corrected chi connectivity index (χ4v) is 4.37. The third kappa shape index (κ3) is 10.2. The molecule has 0 amide bonds. The summed E-state index contributed by atoms with van der Waals surface area (Å²) >= 11 is 0. The molecule has 2 aliphatic rings. The number of hydrogen-bond donors (Lipinski definition) is 15. The first kappa shape index (κ1) is 39.8. The summed E-state index contributed by atoms with van der Waals surface area (Å²) in [6, 6.07) is 0. The molecule has 2 saturated heterocycles. The number of fused-ring (bicyclic) bond motifs is 2. The summed E-state index contributed by atoms with van der Waals surface area (Å²) < 4.78 is 31.1. The molecule has 29 heteroatoms. The van der Waals surface area contributed by atoms with Crippen molar-refractivity contribution in [1.29, 1.82) is 0 Å². The molecule has 4 aromatic heterocycles. The molecule has 49 heavy (non-hydrogen) atoms. The van der Waals surface area contributed by atoms with Gasteiger partial charge in [0.15, 0.2) is 34.8 Å². The molecule has 274 valence electrons. The summed E-state index contributed by atoms with van der Waals surface area (Å²) in [5.74, 6) is -0.383. The standard InChI is InChI=1S/C10H13N5O5.C10H12N4O5.2H3O4P/c11-10-13-7-4(8(19)14-10)12-2-15(7)9-6(18)5(17)3(1-16)20-9;15-1-4-6(16)7(17)10(19-4)14-3-13-5-8(14)11-2-12-9(5)18;2*1-5(2,3)4/h2-3,5-6,9,16-18H,1H2,(H3,11,13,14,19);2-4,6-7,10,15-17H,1H2,(H,11,12,18);2*(H3,1,2,3,4)/t3-,5-,6-,9-;4-,6-,7-,10-;;/m11../s1. The predicted octanol–water partition coefficient (Wildman–Crippen LogP) is -6.40. The summed E-state index contributed by atoms with van der Waals surface area (Å²) in [6.45, 7) is -0.862. The van der Waals surface area contributed by atoms with Gasteiger partial charge in [0.1, 0.15) is 43.0 Å². The highest BCUT2D eigenvalue weighted by molar-refractivity contribution is 7.45. The summed E-state index contributed by atoms with van der Waals surface area (Å²) in [7, 11) is -9.28. The van der Waals surface area contributed by atoms with Gasteiger partial charge in [0.2, 0.25) is 11.8 Å². The lowest BCUT2D eigenvalue weighted by Gasteiger charge is -2.16. The van der Waals surface area contributed by atoms with E-state index < -0.39 is 83.5 Å². The second-order valence-electron chi connectivity index (χ2n) is 9.78. The zero-order chi connectivity index (χ0) is 37.0. The number of nitrogen functional groups attached to an aromatic ring is 1. The third-order valence-corrected chi connectivity index (χ3v) is 6.37. The number of aromatic amines is 1. The van der Waals surface area contributed by atoms with Gasteiger partial charge in [0, 0.05) is 0 Å². The molecule has 0 bridgehead atoms. The van der Waals surface area contributed by atoms with Crippen LogP contribution in [0.5, 0.6) is 5.88 Å². The van der Waals surface area contributed by atoms with Crippen LogP contribution in [0, 0.1) is 0 Å². The third-order valence-electron chi connectivity index (χ3n) is 6.37. The molecule has 0 radical (unpaired) electrons. The number of rotatable bonds is 4. The summed E-state index contributed by atoms with van der Waals surface area (Å²) in [5, 5.41) is 66.9. The van der Waals surface area contributed by atoms with E-state index in [1.54, 1.807) is 0 Å². The van der Waals surface area contributed by atoms with E-state index in [-0.39, 0.29) is 34.2 Å². The van der Waals surface area contributed by atoms with E-state index in [9.17, 15) is 30.3 Å². The number of anilines is 1. The Morgan fingerprint density at radius 3 is 1.59 bits per heavy atom. The highest BCUT2D eigenvalue weighted by Gasteiger charge is 2.45. The molecule has 4 aromatic rings. The molecule has 0 aliphatic carbocycles. The molecular weight excluding hydrogens is 716 g/mol. The van der Waals surface area contributed by atoms with Crippen LogP contribution in [-0.2, 0) is 18.6 Å². The number of nitrogens with two attached hydrogens (primary N) is 1. The summed E-state index contributed by atoms with van der Waals surface area (Å²) in [4.78, 5) is 76.4. The lowest BCUT2D eigenvalue weighted by Crippen LogP contribution is -2.33. The maximum Gasteiger partial charge on any atom is 0.466 e. The number of aliphatic hydroxyl groups is 6. The van der Waals surface area contributed by atoms with E-state index in [2.05, 4.69) is 29.9 Å². The Morgan fingerprint density at radius 2 is 1.16 bits per heavy atom. The number of imidazole rings is 2. The first-order valence-electron chi connectivity index (χ1n) is 13.1. The number of aliphatic hydroxyl groups excluding tert-OH is 6. The van der Waals surface area contributed by atoms with Gasteiger partial charge in [-0.2, -0.15) is 9.97 Å².